The van der Waals surface area contributed by atoms with E-state index in [1.165, 1.54) is 6.20 Å². The molecule has 1 amide bonds. The Balaban J connectivity index is 1.19. The fraction of sp³-hybridized carbons (Fsp3) is 0.345. The molecule has 0 radical (unpaired) electrons. The molecule has 1 aliphatic carbocycles. The van der Waals surface area contributed by atoms with Crippen LogP contribution in [-0.2, 0) is 0 Å². The van der Waals surface area contributed by atoms with Crippen molar-refractivity contribution in [1.29, 1.82) is 5.26 Å². The van der Waals surface area contributed by atoms with Gasteiger partial charge in [0.15, 0.2) is 0 Å². The minimum atomic E-state index is -0.990. The molecule has 2 N–H and O–H groups in total. The van der Waals surface area contributed by atoms with Crippen molar-refractivity contribution in [3.05, 3.63) is 72.4 Å². The SMILES string of the molecule is CC(C)(O)COc1cc(-c2ccc(N3C[C@H]4C[C@@H](C3)C4NC(=O)c3ccccn3)nc2)c2c(C#N)cnn2c1. The highest BCUT2D eigenvalue weighted by Gasteiger charge is 2.47. The van der Waals surface area contributed by atoms with Crippen LogP contribution in [0.15, 0.2) is 61.2 Å². The lowest BCUT2D eigenvalue weighted by molar-refractivity contribution is 0.0283. The number of hydrogen-bond acceptors (Lipinski definition) is 8. The highest BCUT2D eigenvalue weighted by Crippen LogP contribution is 2.41. The number of hydrogen-bond donors (Lipinski definition) is 2. The molecule has 1 unspecified atom stereocenters. The Morgan fingerprint density at radius 1 is 1.21 bits per heavy atom. The van der Waals surface area contributed by atoms with E-state index in [1.54, 1.807) is 49.1 Å². The Bertz CT molecular complexity index is 1540. The van der Waals surface area contributed by atoms with Gasteiger partial charge in [0.05, 0.1) is 29.1 Å². The summed E-state index contributed by atoms with van der Waals surface area (Å²) in [4.78, 5) is 23.8. The van der Waals surface area contributed by atoms with Gasteiger partial charge in [-0.1, -0.05) is 6.07 Å². The number of pyridine rings is 3. The standard InChI is InChI=1S/C29H29N7O3/c1-29(2,38)17-39-22-10-23(27-21(11-30)13-33-36(27)16-22)18-6-7-25(32-12-18)35-14-19-9-20(15-35)26(19)34-28(37)24-5-3-4-8-31-24/h3-8,10,12-13,16,19-20,26,38H,9,14-15,17H2,1-2H3,(H,34,37)/t19-,20+,26?. The quantitative estimate of drug-likeness (QED) is 0.378. The number of ether oxygens (including phenoxy) is 1. The lowest BCUT2D eigenvalue weighted by Gasteiger charge is -2.54. The monoisotopic (exact) mass is 523 g/mol. The number of piperidine rings is 2. The van der Waals surface area contributed by atoms with Crippen LogP contribution in [0.5, 0.6) is 5.75 Å². The van der Waals surface area contributed by atoms with Gasteiger partial charge in [0.25, 0.3) is 5.91 Å². The Kier molecular flexibility index (Phi) is 6.16. The van der Waals surface area contributed by atoms with Crippen molar-refractivity contribution >= 4 is 17.2 Å². The number of anilines is 1. The molecule has 10 heteroatoms. The molecule has 2 bridgehead atoms. The summed E-state index contributed by atoms with van der Waals surface area (Å²) in [6, 6.07) is 13.5. The van der Waals surface area contributed by atoms with Crippen molar-refractivity contribution in [3.63, 3.8) is 0 Å². The Labute approximate surface area is 225 Å². The summed E-state index contributed by atoms with van der Waals surface area (Å²) in [6.45, 7) is 5.11. The van der Waals surface area contributed by atoms with E-state index >= 15 is 0 Å². The van der Waals surface area contributed by atoms with Gasteiger partial charge < -0.3 is 20.1 Å². The van der Waals surface area contributed by atoms with E-state index in [4.69, 9.17) is 9.72 Å². The van der Waals surface area contributed by atoms with E-state index in [0.717, 1.165) is 36.5 Å². The van der Waals surface area contributed by atoms with Crippen LogP contribution >= 0.6 is 0 Å². The van der Waals surface area contributed by atoms with Crippen molar-refractivity contribution in [2.45, 2.75) is 31.9 Å². The maximum atomic E-state index is 12.6. The first-order chi connectivity index (χ1) is 18.8. The number of nitriles is 1. The summed E-state index contributed by atoms with van der Waals surface area (Å²) >= 11 is 0. The van der Waals surface area contributed by atoms with Gasteiger partial charge in [0.1, 0.15) is 29.9 Å². The number of fused-ring (bicyclic) bond motifs is 3. The molecule has 10 nitrogen and oxygen atoms in total. The van der Waals surface area contributed by atoms with Crippen LogP contribution < -0.4 is 15.0 Å². The van der Waals surface area contributed by atoms with E-state index in [-0.39, 0.29) is 18.6 Å². The summed E-state index contributed by atoms with van der Waals surface area (Å²) in [6.07, 6.45) is 7.76. The topological polar surface area (TPSA) is 129 Å². The van der Waals surface area contributed by atoms with Crippen LogP contribution in [0.2, 0.25) is 0 Å². The van der Waals surface area contributed by atoms with E-state index in [0.29, 0.717) is 34.4 Å². The number of amides is 1. The van der Waals surface area contributed by atoms with Gasteiger partial charge in [-0.2, -0.15) is 10.4 Å². The fourth-order valence-corrected chi connectivity index (χ4v) is 5.50. The van der Waals surface area contributed by atoms with Crippen molar-refractivity contribution in [3.8, 4) is 22.9 Å². The minimum Gasteiger partial charge on any atom is -0.489 e. The van der Waals surface area contributed by atoms with Gasteiger partial charge in [-0.15, -0.1) is 0 Å². The number of rotatable bonds is 7. The molecule has 2 aliphatic heterocycles. The summed E-state index contributed by atoms with van der Waals surface area (Å²) in [5.74, 6) is 2.02. The molecule has 1 saturated carbocycles. The molecule has 3 aliphatic rings. The van der Waals surface area contributed by atoms with E-state index in [9.17, 15) is 15.2 Å². The van der Waals surface area contributed by atoms with E-state index < -0.39 is 5.60 Å². The lowest BCUT2D eigenvalue weighted by Crippen LogP contribution is -2.64. The molecule has 3 atom stereocenters. The molecule has 7 rings (SSSR count). The first kappa shape index (κ1) is 24.8. The van der Waals surface area contributed by atoms with Gasteiger partial charge in [0.2, 0.25) is 0 Å². The van der Waals surface area contributed by atoms with Crippen molar-refractivity contribution in [2.24, 2.45) is 11.8 Å². The second-order valence-electron chi connectivity index (χ2n) is 10.9. The third-order valence-corrected chi connectivity index (χ3v) is 7.41. The second kappa shape index (κ2) is 9.67. The van der Waals surface area contributed by atoms with E-state index in [1.807, 2.05) is 24.3 Å². The molecule has 3 fully saturated rings. The van der Waals surface area contributed by atoms with Crippen LogP contribution in [-0.4, -0.2) is 61.9 Å². The number of aliphatic hydroxyl groups is 1. The molecule has 0 spiro atoms. The van der Waals surface area contributed by atoms with Crippen LogP contribution in [0.4, 0.5) is 5.82 Å². The maximum Gasteiger partial charge on any atom is 0.270 e. The summed E-state index contributed by atoms with van der Waals surface area (Å²) in [7, 11) is 0. The number of nitrogens with zero attached hydrogens (tertiary/aromatic N) is 6. The van der Waals surface area contributed by atoms with Crippen molar-refractivity contribution < 1.29 is 14.6 Å². The zero-order valence-electron chi connectivity index (χ0n) is 21.8. The molecule has 39 heavy (non-hydrogen) atoms. The normalized spacial score (nSPS) is 20.3. The third-order valence-electron chi connectivity index (χ3n) is 7.41. The van der Waals surface area contributed by atoms with Crippen LogP contribution in [0.25, 0.3) is 16.6 Å². The van der Waals surface area contributed by atoms with E-state index in [2.05, 4.69) is 26.4 Å². The molecule has 4 aromatic rings. The second-order valence-corrected chi connectivity index (χ2v) is 10.9. The first-order valence-corrected chi connectivity index (χ1v) is 13.0. The van der Waals surface area contributed by atoms with Gasteiger partial charge in [-0.25, -0.2) is 9.50 Å². The fourth-order valence-electron chi connectivity index (χ4n) is 5.50. The average molecular weight is 524 g/mol. The predicted octanol–water partition coefficient (Wildman–Crippen LogP) is 3.07. The minimum absolute atomic E-state index is 0.113. The third kappa shape index (κ3) is 4.89. The summed E-state index contributed by atoms with van der Waals surface area (Å²) < 4.78 is 7.45. The van der Waals surface area contributed by atoms with Gasteiger partial charge in [0, 0.05) is 42.7 Å². The Hall–Kier alpha value is -4.49. The Morgan fingerprint density at radius 3 is 2.69 bits per heavy atom. The van der Waals surface area contributed by atoms with Crippen molar-refractivity contribution in [1.82, 2.24) is 24.9 Å². The predicted molar refractivity (Wildman–Crippen MR) is 144 cm³/mol. The summed E-state index contributed by atoms with van der Waals surface area (Å²) in [5.41, 5.74) is 2.19. The Morgan fingerprint density at radius 2 is 2.03 bits per heavy atom. The smallest absolute Gasteiger partial charge is 0.270 e. The van der Waals surface area contributed by atoms with Crippen LogP contribution in [0, 0.1) is 23.2 Å². The number of carbonyl (C=O) groups is 1. The molecule has 0 aromatic carbocycles. The lowest BCUT2D eigenvalue weighted by atomic mass is 9.66. The number of nitrogens with one attached hydrogen (secondary N) is 1. The van der Waals surface area contributed by atoms with Crippen LogP contribution in [0.3, 0.4) is 0 Å². The average Bonchev–Trinajstić information content (AvgIpc) is 3.37. The zero-order valence-corrected chi connectivity index (χ0v) is 21.8. The molecule has 6 heterocycles. The molecule has 2 saturated heterocycles. The van der Waals surface area contributed by atoms with Gasteiger partial charge >= 0.3 is 0 Å². The molecular weight excluding hydrogens is 494 g/mol. The first-order valence-electron chi connectivity index (χ1n) is 13.0. The molecule has 198 valence electrons. The van der Waals surface area contributed by atoms with Crippen LogP contribution in [0.1, 0.15) is 36.3 Å². The van der Waals surface area contributed by atoms with Gasteiger partial charge in [-0.05, 0) is 62.4 Å². The molecule has 4 aromatic heterocycles. The van der Waals surface area contributed by atoms with Gasteiger partial charge in [-0.3, -0.25) is 9.78 Å². The highest BCUT2D eigenvalue weighted by atomic mass is 16.5. The molecular formula is C29H29N7O3. The number of aromatic nitrogens is 4. The van der Waals surface area contributed by atoms with Crippen molar-refractivity contribution in [2.75, 3.05) is 24.6 Å². The largest absolute Gasteiger partial charge is 0.489 e. The zero-order chi connectivity index (χ0) is 27.1. The maximum absolute atomic E-state index is 12.6. The summed E-state index contributed by atoms with van der Waals surface area (Å²) in [5, 5.41) is 27.2. The number of carbonyl (C=O) groups excluding carboxylic acids is 1. The highest BCUT2D eigenvalue weighted by molar-refractivity contribution is 5.92.